The molecule has 2 aliphatic heterocycles. The average Bonchev–Trinajstić information content (AvgIpc) is 0.794. The highest BCUT2D eigenvalue weighted by atomic mass is 19.4. The van der Waals surface area contributed by atoms with Gasteiger partial charge in [-0.25, -0.2) is 9.59 Å². The molecule has 0 bridgehead atoms. The standard InChI is InChI=1S/C47H57N3O5.C25H29NO4.C23H29NO.4CH4.BF3.FH/c1-7-35(3)38-21-19-37(20-22-38)34-54-41-23-24-43(48-46(53)55-47(4,5)6)42(33-41)44(51)28-32-50(29-25-36-15-11-9-12-16-36)30-26-40(27-31-50)49(45(52)8-2)39-17-13-10-14-18-39;1-7-17(3)19-11-9-18(10-12-19)16-29-20-13-14-22(21(15-20)23(27)8-2)26-24(28)30-25(4,5)6;1-2-22(25)23(20-11-7-4-8-12-20)21-14-17-24(18-15-21)16-13-19-9-5-3-6-10-19;;;;;2-1(3)4;/h9-24,28,32-33,35,40H,7-8,25-27,29-31,34H2,1-6H3;2,9-15,17H,7,16H2,1,3-6H3,(H,26,28);3-12,21,23H,2,13-18H2,1H3;4*1H4;;1H/p+1. The largest absolute Gasteiger partial charge is 1.00 e. The van der Waals surface area contributed by atoms with Crippen molar-refractivity contribution in [2.24, 2.45) is 5.92 Å². The van der Waals surface area contributed by atoms with E-state index in [4.69, 9.17) is 25.4 Å². The first-order chi connectivity index (χ1) is 54.5. The number of amides is 3. The van der Waals surface area contributed by atoms with Crippen LogP contribution in [0.3, 0.4) is 0 Å². The number of carbonyl (C=O) groups is 6. The summed E-state index contributed by atoms with van der Waals surface area (Å²) in [6.07, 6.45) is 16.8. The van der Waals surface area contributed by atoms with E-state index >= 15 is 0 Å². The van der Waals surface area contributed by atoms with E-state index in [0.29, 0.717) is 76.8 Å². The van der Waals surface area contributed by atoms with Crippen LogP contribution in [-0.4, -0.2) is 104 Å². The molecule has 3 N–H and O–H groups in total. The van der Waals surface area contributed by atoms with Crippen LogP contribution in [0, 0.1) is 18.3 Å². The van der Waals surface area contributed by atoms with Gasteiger partial charge in [-0.3, -0.25) is 47.2 Å². The van der Waals surface area contributed by atoms with Gasteiger partial charge in [0, 0.05) is 80.7 Å². The maximum atomic E-state index is 14.2. The number of anilines is 3. The van der Waals surface area contributed by atoms with Gasteiger partial charge in [0.2, 0.25) is 11.7 Å². The number of ether oxygens (including phenoxy) is 4. The minimum atomic E-state index is -3.67. The molecule has 10 rings (SSSR count). The van der Waals surface area contributed by atoms with Crippen molar-refractivity contribution in [2.45, 2.75) is 225 Å². The second kappa shape index (κ2) is 52.3. The van der Waals surface area contributed by atoms with Gasteiger partial charge in [0.05, 0.1) is 62.4 Å². The lowest BCUT2D eigenvalue weighted by molar-refractivity contribution is -0.906. The highest BCUT2D eigenvalue weighted by Crippen LogP contribution is 2.35. The van der Waals surface area contributed by atoms with Crippen LogP contribution >= 0.6 is 0 Å². The second-order valence-electron chi connectivity index (χ2n) is 31.3. The van der Waals surface area contributed by atoms with Crippen LogP contribution in [0.4, 0.5) is 39.6 Å². The van der Waals surface area contributed by atoms with Crippen molar-refractivity contribution in [3.63, 3.8) is 0 Å². The van der Waals surface area contributed by atoms with Crippen molar-refractivity contribution in [1.29, 1.82) is 0 Å². The molecule has 20 heteroatoms. The summed E-state index contributed by atoms with van der Waals surface area (Å²) < 4.78 is 52.4. The molecule has 0 radical (unpaired) electrons. The summed E-state index contributed by atoms with van der Waals surface area (Å²) in [7, 11) is -3.67. The van der Waals surface area contributed by atoms with Crippen molar-refractivity contribution in [1.82, 2.24) is 0 Å². The van der Waals surface area contributed by atoms with Crippen LogP contribution < -0.4 is 34.6 Å². The fraction of sp³-hybridized carbons (Fsp3) is 0.414. The van der Waals surface area contributed by atoms with E-state index in [1.54, 1.807) is 82.9 Å². The number of nitrogens with zero attached hydrogens (tertiary/aromatic N) is 2. The second-order valence-corrected chi connectivity index (χ2v) is 31.3. The molecule has 15 nitrogen and oxygen atoms in total. The van der Waals surface area contributed by atoms with Gasteiger partial charge in [0.1, 0.15) is 41.7 Å². The van der Waals surface area contributed by atoms with Gasteiger partial charge in [-0.2, -0.15) is 0 Å². The summed E-state index contributed by atoms with van der Waals surface area (Å²) in [5.41, 5.74) is 9.17. The van der Waals surface area contributed by atoms with E-state index in [2.05, 4.69) is 160 Å². The summed E-state index contributed by atoms with van der Waals surface area (Å²) in [5.74, 6) is 4.41. The number of hydrogen-bond acceptors (Lipinski definition) is 10. The normalized spacial score (nSPS) is 15.9. The number of rotatable bonds is 29. The average molecular weight is 1640 g/mol. The van der Waals surface area contributed by atoms with E-state index in [1.165, 1.54) is 53.5 Å². The smallest absolute Gasteiger partial charge is 0.762 e. The van der Waals surface area contributed by atoms with Gasteiger partial charge in [0.15, 0.2) is 5.78 Å². The van der Waals surface area contributed by atoms with Crippen molar-refractivity contribution in [3.8, 4) is 23.8 Å². The SMILES string of the molecule is C.C.C.C.C#CC(=O)c1cc(OCc2ccc(C(C)CC)cc2)ccc1NC(=O)OC(C)(C)C.CCC(=O)C(c1ccccc1)C1CC[NH+](CCc2ccccc2)CC1.CCC(=O)N(c1ccccc1)C1CC[N+](C=CC(=O)c2cc(OCc3ccc(C(C)CC)cc3)ccc2NC(=O)OC(C)(C)C)(CCc2ccccc2)CC1.FB(F)F.[F-]. The number of piperidine rings is 2. The molecule has 0 aromatic heterocycles. The van der Waals surface area contributed by atoms with E-state index < -0.39 is 36.7 Å². The number of likely N-dealkylation sites (tertiary alicyclic amines) is 2. The fourth-order valence-electron chi connectivity index (χ4n) is 14.0. The van der Waals surface area contributed by atoms with Crippen LogP contribution in [0.15, 0.2) is 219 Å². The molecule has 119 heavy (non-hydrogen) atoms. The predicted molar refractivity (Wildman–Crippen MR) is 479 cm³/mol. The summed E-state index contributed by atoms with van der Waals surface area (Å²) in [4.78, 5) is 80.9. The monoisotopic (exact) mass is 1640 g/mol. The van der Waals surface area contributed by atoms with Crippen molar-refractivity contribution in [3.05, 3.63) is 269 Å². The third-order valence-electron chi connectivity index (χ3n) is 20.7. The Labute approximate surface area is 709 Å². The molecular formula is C99H133BF4N5O10+. The van der Waals surface area contributed by atoms with Crippen LogP contribution in [0.25, 0.3) is 0 Å². The molecule has 0 aliphatic carbocycles. The lowest BCUT2D eigenvalue weighted by Gasteiger charge is -2.44. The number of Topliss-reactive ketones (excluding diaryl/α,β-unsaturated/α-hetero) is 2. The van der Waals surface area contributed by atoms with E-state index in [9.17, 15) is 41.7 Å². The molecule has 2 saturated heterocycles. The zero-order valence-electron chi connectivity index (χ0n) is 69.0. The molecular weight excluding hydrogens is 1510 g/mol. The summed E-state index contributed by atoms with van der Waals surface area (Å²) in [6, 6.07) is 68.2. The van der Waals surface area contributed by atoms with Crippen LogP contribution in [0.5, 0.6) is 11.5 Å². The van der Waals surface area contributed by atoms with E-state index in [1.807, 2.05) is 79.5 Å². The number of terminal acetylenes is 1. The number of halogens is 4. The Kier molecular flexibility index (Phi) is 45.9. The Morgan fingerprint density at radius 1 is 0.555 bits per heavy atom. The highest BCUT2D eigenvalue weighted by Gasteiger charge is 2.38. The van der Waals surface area contributed by atoms with Crippen LogP contribution in [0.1, 0.15) is 242 Å². The lowest BCUT2D eigenvalue weighted by atomic mass is 9.77. The van der Waals surface area contributed by atoms with E-state index in [0.717, 1.165) is 87.8 Å². The van der Waals surface area contributed by atoms with Gasteiger partial charge in [-0.15, -0.1) is 6.42 Å². The topological polar surface area (TPSA) is 171 Å². The number of hydrogen-bond donors (Lipinski definition) is 3. The van der Waals surface area contributed by atoms with Gasteiger partial charge < -0.3 is 33.5 Å². The number of carbonyl (C=O) groups excluding carboxylic acids is 6. The number of para-hydroxylation sites is 1. The number of allylic oxidation sites excluding steroid dienone is 1. The molecule has 3 amide bonds. The first-order valence-electron chi connectivity index (χ1n) is 40.1. The number of benzene rings is 8. The molecule has 3 unspecified atom stereocenters. The number of ketones is 3. The van der Waals surface area contributed by atoms with Crippen molar-refractivity contribution in [2.75, 3.05) is 54.8 Å². The predicted octanol–water partition coefficient (Wildman–Crippen LogP) is 20.1. The maximum absolute atomic E-state index is 14.2. The Morgan fingerprint density at radius 2 is 0.975 bits per heavy atom. The van der Waals surface area contributed by atoms with Gasteiger partial charge >= 0.3 is 19.7 Å². The Morgan fingerprint density at radius 3 is 1.39 bits per heavy atom. The first kappa shape index (κ1) is 104. The molecule has 2 heterocycles. The summed E-state index contributed by atoms with van der Waals surface area (Å²) in [5, 5.41) is 5.37. The Hall–Kier alpha value is -10.6. The quantitative estimate of drug-likeness (QED) is 0.00780. The Bertz CT molecular complexity index is 4390. The zero-order valence-corrected chi connectivity index (χ0v) is 69.0. The molecule has 2 aliphatic rings. The van der Waals surface area contributed by atoms with Gasteiger partial charge in [0.25, 0.3) is 0 Å². The van der Waals surface area contributed by atoms with E-state index in [-0.39, 0.29) is 69.3 Å². The van der Waals surface area contributed by atoms with Crippen molar-refractivity contribution >= 4 is 60.0 Å². The molecule has 3 atom stereocenters. The molecule has 8 aromatic carbocycles. The number of nitrogens with one attached hydrogen (secondary N) is 3. The summed E-state index contributed by atoms with van der Waals surface area (Å²) >= 11 is 0. The first-order valence-corrected chi connectivity index (χ1v) is 40.1. The lowest BCUT2D eigenvalue weighted by Crippen LogP contribution is -3.13. The summed E-state index contributed by atoms with van der Waals surface area (Å²) in [6.45, 7) is 29.9. The minimum Gasteiger partial charge on any atom is -1.00 e. The van der Waals surface area contributed by atoms with Gasteiger partial charge in [-0.05, 0) is 166 Å². The highest BCUT2D eigenvalue weighted by molar-refractivity contribution is 6.33. The molecule has 2 fully saturated rings. The fourth-order valence-corrected chi connectivity index (χ4v) is 14.0. The zero-order chi connectivity index (χ0) is 82.8. The van der Waals surface area contributed by atoms with Crippen LogP contribution in [-0.2, 0) is 45.1 Å². The maximum Gasteiger partial charge on any atom is 0.762 e. The number of quaternary nitrogens is 2. The molecule has 0 spiro atoms. The molecule has 8 aromatic rings. The van der Waals surface area contributed by atoms with Gasteiger partial charge in [-0.1, -0.05) is 229 Å². The third-order valence-corrected chi connectivity index (χ3v) is 20.7. The molecule has 0 saturated carbocycles. The van der Waals surface area contributed by atoms with Crippen LogP contribution in [0.2, 0.25) is 0 Å². The minimum absolute atomic E-state index is 0. The Balaban J connectivity index is 0.000000633. The third kappa shape index (κ3) is 35.1. The molecule has 644 valence electrons. The van der Waals surface area contributed by atoms with Crippen molar-refractivity contribution < 1.29 is 74.7 Å².